The van der Waals surface area contributed by atoms with Gasteiger partial charge in [0, 0.05) is 50.6 Å². The monoisotopic (exact) mass is 496 g/mol. The van der Waals surface area contributed by atoms with Crippen molar-refractivity contribution in [3.63, 3.8) is 0 Å². The summed E-state index contributed by atoms with van der Waals surface area (Å²) in [6.07, 6.45) is -5.29. The van der Waals surface area contributed by atoms with Gasteiger partial charge in [0.2, 0.25) is 0 Å². The van der Waals surface area contributed by atoms with Crippen molar-refractivity contribution in [2.24, 2.45) is 16.7 Å². The standard InChI is InChI=1S/C13H25F3O5.C6H14O2.2C2H6/c1-20-5-2-11(6-17)7-21-10-12(8-18,9-19)3-4-13(14,15)16;1-6(2,4-7)5-8-3;2*1-2/h11,17-19H,2-10H2,1H3;7H,4-5H2,1-3H3;2*1-2H3. The maximum atomic E-state index is 12.3. The number of hydrogen-bond acceptors (Lipinski definition) is 7. The van der Waals surface area contributed by atoms with E-state index in [9.17, 15) is 23.4 Å². The van der Waals surface area contributed by atoms with Crippen LogP contribution < -0.4 is 0 Å². The lowest BCUT2D eigenvalue weighted by Crippen LogP contribution is -2.37. The average Bonchev–Trinajstić information content (AvgIpc) is 2.81. The van der Waals surface area contributed by atoms with E-state index in [1.807, 2.05) is 41.5 Å². The lowest BCUT2D eigenvalue weighted by molar-refractivity contribution is -0.149. The smallest absolute Gasteiger partial charge is 0.389 e. The molecule has 0 spiro atoms. The third-order valence-electron chi connectivity index (χ3n) is 4.32. The van der Waals surface area contributed by atoms with Crippen LogP contribution in [-0.2, 0) is 14.2 Å². The molecule has 1 unspecified atom stereocenters. The molecular formula is C23H51F3O7. The van der Waals surface area contributed by atoms with Crippen LogP contribution in [0.25, 0.3) is 0 Å². The Morgan fingerprint density at radius 1 is 0.758 bits per heavy atom. The topological polar surface area (TPSA) is 109 Å². The summed E-state index contributed by atoms with van der Waals surface area (Å²) < 4.78 is 51.8. The summed E-state index contributed by atoms with van der Waals surface area (Å²) >= 11 is 0. The molecule has 0 bridgehead atoms. The molecule has 0 saturated heterocycles. The molecule has 10 heteroatoms. The number of methoxy groups -OCH3 is 2. The highest BCUT2D eigenvalue weighted by Crippen LogP contribution is 2.31. The Balaban J connectivity index is -0.000000292. The fourth-order valence-corrected chi connectivity index (χ4v) is 2.17. The first-order valence-electron chi connectivity index (χ1n) is 11.5. The van der Waals surface area contributed by atoms with Crippen molar-refractivity contribution in [1.29, 1.82) is 0 Å². The Morgan fingerprint density at radius 3 is 1.58 bits per heavy atom. The van der Waals surface area contributed by atoms with Gasteiger partial charge in [0.05, 0.1) is 39.6 Å². The van der Waals surface area contributed by atoms with Gasteiger partial charge >= 0.3 is 6.18 Å². The maximum Gasteiger partial charge on any atom is 0.389 e. The van der Waals surface area contributed by atoms with Crippen LogP contribution in [0.4, 0.5) is 13.2 Å². The Hall–Kier alpha value is -0.490. The number of ether oxygens (including phenoxy) is 3. The molecule has 0 rings (SSSR count). The molecule has 0 saturated carbocycles. The van der Waals surface area contributed by atoms with Crippen LogP contribution in [0.2, 0.25) is 0 Å². The summed E-state index contributed by atoms with van der Waals surface area (Å²) in [5.41, 5.74) is -1.40. The zero-order valence-corrected chi connectivity index (χ0v) is 22.0. The normalized spacial score (nSPS) is 12.5. The van der Waals surface area contributed by atoms with Crippen LogP contribution in [-0.4, -0.2) is 93.7 Å². The molecule has 0 heterocycles. The quantitative estimate of drug-likeness (QED) is 0.274. The fraction of sp³-hybridized carbons (Fsp3) is 1.00. The number of halogens is 3. The van der Waals surface area contributed by atoms with E-state index in [0.717, 1.165) is 0 Å². The van der Waals surface area contributed by atoms with Crippen LogP contribution in [0.3, 0.4) is 0 Å². The molecule has 0 aliphatic heterocycles. The molecule has 0 aliphatic carbocycles. The lowest BCUT2D eigenvalue weighted by atomic mass is 9.85. The molecular weight excluding hydrogens is 445 g/mol. The first kappa shape index (κ1) is 39.7. The van der Waals surface area contributed by atoms with Gasteiger partial charge < -0.3 is 34.6 Å². The van der Waals surface area contributed by atoms with Crippen molar-refractivity contribution < 1.29 is 47.8 Å². The molecule has 0 aromatic carbocycles. The second-order valence-electron chi connectivity index (χ2n) is 8.03. The molecule has 0 aliphatic rings. The SMILES string of the molecule is CC.CC.COCC(C)(C)CO.COCCC(CO)COCC(CO)(CO)CCC(F)(F)F. The predicted octanol–water partition coefficient (Wildman–Crippen LogP) is 3.67. The largest absolute Gasteiger partial charge is 0.396 e. The highest BCUT2D eigenvalue weighted by atomic mass is 19.4. The number of alkyl halides is 3. The minimum atomic E-state index is -4.35. The van der Waals surface area contributed by atoms with Crippen molar-refractivity contribution in [3.8, 4) is 0 Å². The van der Waals surface area contributed by atoms with E-state index in [-0.39, 0.29) is 37.8 Å². The van der Waals surface area contributed by atoms with E-state index < -0.39 is 37.6 Å². The van der Waals surface area contributed by atoms with E-state index in [2.05, 4.69) is 0 Å². The number of aliphatic hydroxyl groups excluding tert-OH is 4. The van der Waals surface area contributed by atoms with Crippen molar-refractivity contribution in [1.82, 2.24) is 0 Å². The van der Waals surface area contributed by atoms with E-state index in [1.54, 1.807) is 7.11 Å². The van der Waals surface area contributed by atoms with Crippen molar-refractivity contribution in [2.45, 2.75) is 67.0 Å². The predicted molar refractivity (Wildman–Crippen MR) is 125 cm³/mol. The summed E-state index contributed by atoms with van der Waals surface area (Å²) in [4.78, 5) is 0. The van der Waals surface area contributed by atoms with E-state index >= 15 is 0 Å². The van der Waals surface area contributed by atoms with Crippen molar-refractivity contribution in [2.75, 3.05) is 67.1 Å². The van der Waals surface area contributed by atoms with Crippen LogP contribution in [0.1, 0.15) is 60.8 Å². The Morgan fingerprint density at radius 2 is 1.27 bits per heavy atom. The van der Waals surface area contributed by atoms with Crippen LogP contribution >= 0.6 is 0 Å². The molecule has 7 nitrogen and oxygen atoms in total. The minimum Gasteiger partial charge on any atom is -0.396 e. The van der Waals surface area contributed by atoms with Crippen molar-refractivity contribution >= 4 is 0 Å². The maximum absolute atomic E-state index is 12.3. The molecule has 4 N–H and O–H groups in total. The highest BCUT2D eigenvalue weighted by molar-refractivity contribution is 4.79. The number of hydrogen-bond donors (Lipinski definition) is 4. The third kappa shape index (κ3) is 26.0. The van der Waals surface area contributed by atoms with E-state index in [1.165, 1.54) is 7.11 Å². The van der Waals surface area contributed by atoms with Crippen LogP contribution in [0.15, 0.2) is 0 Å². The molecule has 206 valence electrons. The summed E-state index contributed by atoms with van der Waals surface area (Å²) in [6, 6.07) is 0. The molecule has 0 radical (unpaired) electrons. The van der Waals surface area contributed by atoms with Crippen LogP contribution in [0, 0.1) is 16.7 Å². The average molecular weight is 497 g/mol. The minimum absolute atomic E-state index is 0.0747. The number of rotatable bonds is 15. The Kier molecular flexibility index (Phi) is 29.6. The Labute approximate surface area is 199 Å². The summed E-state index contributed by atoms with van der Waals surface area (Å²) in [5, 5.41) is 36.3. The van der Waals surface area contributed by atoms with E-state index in [4.69, 9.17) is 24.4 Å². The molecule has 0 aromatic rings. The zero-order chi connectivity index (χ0) is 27.0. The Bertz CT molecular complexity index is 378. The van der Waals surface area contributed by atoms with Gasteiger partial charge in [-0.05, 0) is 12.8 Å². The van der Waals surface area contributed by atoms with Gasteiger partial charge in [-0.15, -0.1) is 0 Å². The summed E-state index contributed by atoms with van der Waals surface area (Å²) in [5.74, 6) is -0.192. The van der Waals surface area contributed by atoms with Gasteiger partial charge in [0.1, 0.15) is 0 Å². The van der Waals surface area contributed by atoms with Gasteiger partial charge in [-0.3, -0.25) is 0 Å². The third-order valence-corrected chi connectivity index (χ3v) is 4.32. The van der Waals surface area contributed by atoms with Gasteiger partial charge in [0.15, 0.2) is 0 Å². The van der Waals surface area contributed by atoms with Gasteiger partial charge in [-0.25, -0.2) is 0 Å². The van der Waals surface area contributed by atoms with Gasteiger partial charge in [-0.1, -0.05) is 41.5 Å². The van der Waals surface area contributed by atoms with Gasteiger partial charge in [-0.2, -0.15) is 13.2 Å². The van der Waals surface area contributed by atoms with Crippen molar-refractivity contribution in [3.05, 3.63) is 0 Å². The molecule has 0 amide bonds. The molecule has 0 fully saturated rings. The summed E-state index contributed by atoms with van der Waals surface area (Å²) in [6.45, 7) is 11.8. The fourth-order valence-electron chi connectivity index (χ4n) is 2.17. The first-order valence-corrected chi connectivity index (χ1v) is 11.5. The summed E-state index contributed by atoms with van der Waals surface area (Å²) in [7, 11) is 3.16. The first-order chi connectivity index (χ1) is 15.4. The zero-order valence-electron chi connectivity index (χ0n) is 22.0. The number of aliphatic hydroxyl groups is 4. The lowest BCUT2D eigenvalue weighted by Gasteiger charge is -2.30. The second kappa shape index (κ2) is 24.6. The highest BCUT2D eigenvalue weighted by Gasteiger charge is 2.36. The molecule has 0 aromatic heterocycles. The van der Waals surface area contributed by atoms with Gasteiger partial charge in [0.25, 0.3) is 0 Å². The van der Waals surface area contributed by atoms with E-state index in [0.29, 0.717) is 19.6 Å². The molecule has 33 heavy (non-hydrogen) atoms. The second-order valence-corrected chi connectivity index (χ2v) is 8.03. The molecule has 1 atom stereocenters. The van der Waals surface area contributed by atoms with Crippen LogP contribution in [0.5, 0.6) is 0 Å².